The number of benzene rings is 3. The summed E-state index contributed by atoms with van der Waals surface area (Å²) in [7, 11) is -4.73. The van der Waals surface area contributed by atoms with Crippen LogP contribution in [0.5, 0.6) is 0 Å². The van der Waals surface area contributed by atoms with Crippen LogP contribution >= 0.6 is 0 Å². The average molecular weight is 459 g/mol. The van der Waals surface area contributed by atoms with Gasteiger partial charge in [0.25, 0.3) is 0 Å². The summed E-state index contributed by atoms with van der Waals surface area (Å²) in [5, 5.41) is 5.21. The van der Waals surface area contributed by atoms with Crippen LogP contribution < -0.4 is 15.6 Å². The Hall–Kier alpha value is -1.91. The SMILES string of the molecule is CC(C)(C)[Si](C(C)(C)C)(C(C)(C)C)[Si](c1ccccc1)(c1ccccc1)c1ccccc1. The molecule has 32 heavy (non-hydrogen) atoms. The van der Waals surface area contributed by atoms with Crippen molar-refractivity contribution in [1.82, 2.24) is 0 Å². The molecule has 0 aliphatic carbocycles. The van der Waals surface area contributed by atoms with Gasteiger partial charge in [0.15, 0.2) is 0 Å². The molecule has 0 unspecified atom stereocenters. The second-order valence-electron chi connectivity index (χ2n) is 12.3. The third-order valence-corrected chi connectivity index (χ3v) is 31.8. The van der Waals surface area contributed by atoms with Gasteiger partial charge in [-0.15, -0.1) is 0 Å². The molecule has 170 valence electrons. The van der Waals surface area contributed by atoms with Gasteiger partial charge in [0.05, 0.1) is 7.59 Å². The molecule has 0 aliphatic heterocycles. The Morgan fingerprint density at radius 2 is 0.594 bits per heavy atom. The molecule has 0 heterocycles. The zero-order valence-electron chi connectivity index (χ0n) is 21.7. The van der Waals surface area contributed by atoms with Crippen LogP contribution in [0.25, 0.3) is 0 Å². The van der Waals surface area contributed by atoms with E-state index >= 15 is 0 Å². The first-order valence-electron chi connectivity index (χ1n) is 12.0. The fourth-order valence-electron chi connectivity index (χ4n) is 8.28. The van der Waals surface area contributed by atoms with Crippen molar-refractivity contribution in [3.05, 3.63) is 91.0 Å². The number of rotatable bonds is 4. The second-order valence-corrected chi connectivity index (χ2v) is 26.1. The Balaban J connectivity index is 2.74. The van der Waals surface area contributed by atoms with Crippen molar-refractivity contribution in [3.63, 3.8) is 0 Å². The maximum absolute atomic E-state index is 2.55. The smallest absolute Gasteiger partial charge is 0.0627 e. The van der Waals surface area contributed by atoms with Gasteiger partial charge >= 0.3 is 0 Å². The summed E-state index contributed by atoms with van der Waals surface area (Å²) in [5.41, 5.74) is 0. The Morgan fingerprint density at radius 1 is 0.375 bits per heavy atom. The van der Waals surface area contributed by atoms with E-state index in [1.54, 1.807) is 15.6 Å². The minimum Gasteiger partial charge on any atom is -0.0627 e. The molecule has 3 aromatic carbocycles. The molecule has 0 fully saturated rings. The molecule has 2 heteroatoms. The molecule has 0 spiro atoms. The molecule has 0 N–H and O–H groups in total. The molecule has 0 nitrogen and oxygen atoms in total. The van der Waals surface area contributed by atoms with Crippen molar-refractivity contribution in [1.29, 1.82) is 0 Å². The molecule has 0 saturated heterocycles. The van der Waals surface area contributed by atoms with Crippen molar-refractivity contribution in [2.45, 2.75) is 77.4 Å². The molecule has 3 rings (SSSR count). The first kappa shape index (κ1) is 24.7. The summed E-state index contributed by atoms with van der Waals surface area (Å²) >= 11 is 0. The molecule has 0 aromatic heterocycles. The lowest BCUT2D eigenvalue weighted by atomic mass is 10.2. The van der Waals surface area contributed by atoms with Crippen LogP contribution in [0.1, 0.15) is 62.3 Å². The van der Waals surface area contributed by atoms with Gasteiger partial charge in [-0.25, -0.2) is 0 Å². The Morgan fingerprint density at radius 3 is 0.781 bits per heavy atom. The van der Waals surface area contributed by atoms with Crippen LogP contribution in [0.15, 0.2) is 91.0 Å². The zero-order chi connectivity index (χ0) is 23.8. The summed E-state index contributed by atoms with van der Waals surface area (Å²) in [6.07, 6.45) is 0. The predicted molar refractivity (Wildman–Crippen MR) is 149 cm³/mol. The lowest BCUT2D eigenvalue weighted by molar-refractivity contribution is 0.553. The van der Waals surface area contributed by atoms with Crippen molar-refractivity contribution < 1.29 is 0 Å². The van der Waals surface area contributed by atoms with Crippen molar-refractivity contribution in [2.75, 3.05) is 0 Å². The zero-order valence-corrected chi connectivity index (χ0v) is 23.7. The first-order chi connectivity index (χ1) is 14.8. The molecule has 0 aliphatic rings. The maximum Gasteiger partial charge on any atom is 0.141 e. The molecule has 0 saturated carbocycles. The Kier molecular flexibility index (Phi) is 6.54. The van der Waals surface area contributed by atoms with Gasteiger partial charge in [-0.1, -0.05) is 169 Å². The lowest BCUT2D eigenvalue weighted by Crippen LogP contribution is -2.89. The first-order valence-corrected chi connectivity index (χ1v) is 17.0. The van der Waals surface area contributed by atoms with Crippen LogP contribution in [-0.2, 0) is 0 Å². The summed E-state index contributed by atoms with van der Waals surface area (Å²) in [4.78, 5) is 0. The van der Waals surface area contributed by atoms with Gasteiger partial charge in [-0.3, -0.25) is 0 Å². The lowest BCUT2D eigenvalue weighted by Gasteiger charge is -2.68. The van der Waals surface area contributed by atoms with E-state index in [9.17, 15) is 0 Å². The number of hydrogen-bond donors (Lipinski definition) is 0. The van der Waals surface area contributed by atoms with Gasteiger partial charge < -0.3 is 0 Å². The van der Waals surface area contributed by atoms with Gasteiger partial charge in [0.1, 0.15) is 7.59 Å². The van der Waals surface area contributed by atoms with Crippen LogP contribution in [0, 0.1) is 0 Å². The minimum absolute atomic E-state index is 0.178. The molecule has 0 amide bonds. The molecular formula is C30H42Si2. The van der Waals surface area contributed by atoms with E-state index in [0.29, 0.717) is 0 Å². The highest BCUT2D eigenvalue weighted by Gasteiger charge is 2.72. The monoisotopic (exact) mass is 458 g/mol. The van der Waals surface area contributed by atoms with E-state index in [2.05, 4.69) is 153 Å². The van der Waals surface area contributed by atoms with Crippen LogP contribution in [0.3, 0.4) is 0 Å². The fourth-order valence-corrected chi connectivity index (χ4v) is 38.3. The Bertz CT molecular complexity index is 869. The fraction of sp³-hybridized carbons (Fsp3) is 0.400. The average Bonchev–Trinajstić information content (AvgIpc) is 2.71. The molecule has 3 aromatic rings. The van der Waals surface area contributed by atoms with Crippen molar-refractivity contribution >= 4 is 30.7 Å². The van der Waals surface area contributed by atoms with Crippen molar-refractivity contribution in [3.8, 4) is 0 Å². The normalized spacial score (nSPS) is 13.8. The van der Waals surface area contributed by atoms with E-state index in [-0.39, 0.29) is 15.1 Å². The Labute approximate surface area is 198 Å². The largest absolute Gasteiger partial charge is 0.141 e. The molecular weight excluding hydrogens is 417 g/mol. The van der Waals surface area contributed by atoms with Crippen LogP contribution in [-0.4, -0.2) is 15.2 Å². The summed E-state index contributed by atoms with van der Waals surface area (Å²) in [6.45, 7) is 22.9. The minimum atomic E-state index is -2.47. The highest BCUT2D eigenvalue weighted by molar-refractivity contribution is 7.58. The van der Waals surface area contributed by atoms with E-state index < -0.39 is 15.2 Å². The summed E-state index contributed by atoms with van der Waals surface area (Å²) in [6, 6.07) is 34.7. The van der Waals surface area contributed by atoms with E-state index in [0.717, 1.165) is 0 Å². The van der Waals surface area contributed by atoms with E-state index in [1.165, 1.54) is 0 Å². The second kappa shape index (κ2) is 8.46. The molecule has 0 radical (unpaired) electrons. The highest BCUT2D eigenvalue weighted by Crippen LogP contribution is 2.65. The quantitative estimate of drug-likeness (QED) is 0.289. The van der Waals surface area contributed by atoms with Crippen LogP contribution in [0.4, 0.5) is 0 Å². The highest BCUT2D eigenvalue weighted by atomic mass is 29.3. The van der Waals surface area contributed by atoms with Crippen LogP contribution in [0.2, 0.25) is 15.1 Å². The van der Waals surface area contributed by atoms with Crippen molar-refractivity contribution in [2.24, 2.45) is 0 Å². The predicted octanol–water partition coefficient (Wildman–Crippen LogP) is 7.08. The van der Waals surface area contributed by atoms with Gasteiger partial charge in [0.2, 0.25) is 0 Å². The summed E-state index contributed by atoms with van der Waals surface area (Å²) in [5.74, 6) is 0. The topological polar surface area (TPSA) is 0 Å². The number of hydrogen-bond acceptors (Lipinski definition) is 0. The maximum atomic E-state index is 2.55. The van der Waals surface area contributed by atoms with E-state index in [4.69, 9.17) is 0 Å². The third-order valence-electron chi connectivity index (χ3n) is 7.56. The van der Waals surface area contributed by atoms with E-state index in [1.807, 2.05) is 0 Å². The molecule has 0 atom stereocenters. The van der Waals surface area contributed by atoms with Gasteiger partial charge in [0, 0.05) is 0 Å². The van der Waals surface area contributed by atoms with Gasteiger partial charge in [-0.05, 0) is 15.1 Å². The molecule has 0 bridgehead atoms. The standard InChI is InChI=1S/C30H42Si2/c1-28(2,3)32(29(4,5)6,30(7,8)9)31(25-19-13-10-14-20-25,26-21-15-11-16-22-26)27-23-17-12-18-24-27/h10-24H,1-9H3. The van der Waals surface area contributed by atoms with Gasteiger partial charge in [-0.2, -0.15) is 0 Å². The third kappa shape index (κ3) is 3.56. The summed E-state index contributed by atoms with van der Waals surface area (Å²) < 4.78 is 0.